The number of aryl methyl sites for hydroxylation is 2. The van der Waals surface area contributed by atoms with E-state index in [1.165, 1.54) is 0 Å². The van der Waals surface area contributed by atoms with Crippen LogP contribution in [0, 0.1) is 13.8 Å². The van der Waals surface area contributed by atoms with E-state index in [-0.39, 0.29) is 23.4 Å². The molecule has 0 saturated carbocycles. The Morgan fingerprint density at radius 1 is 0.944 bits per heavy atom. The summed E-state index contributed by atoms with van der Waals surface area (Å²) >= 11 is 0. The highest BCUT2D eigenvalue weighted by Gasteiger charge is 2.26. The molecule has 2 N–H and O–H groups in total. The molecule has 36 heavy (non-hydrogen) atoms. The molecule has 188 valence electrons. The van der Waals surface area contributed by atoms with Crippen LogP contribution in [0.2, 0.25) is 0 Å². The lowest BCUT2D eigenvalue weighted by atomic mass is 9.95. The first kappa shape index (κ1) is 26.0. The van der Waals surface area contributed by atoms with Gasteiger partial charge in [0.05, 0.1) is 27.0 Å². The van der Waals surface area contributed by atoms with Crippen molar-refractivity contribution < 1.29 is 35.9 Å². The molecule has 3 aromatic carbocycles. The van der Waals surface area contributed by atoms with Crippen molar-refractivity contribution in [3.8, 4) is 11.1 Å². The van der Waals surface area contributed by atoms with Crippen molar-refractivity contribution in [2.75, 3.05) is 5.75 Å². The van der Waals surface area contributed by atoms with Gasteiger partial charge in [-0.3, -0.25) is 4.55 Å². The Morgan fingerprint density at radius 3 is 2.25 bits per heavy atom. The number of hydrogen-bond donors (Lipinski definition) is 2. The Bertz CT molecular complexity index is 1770. The van der Waals surface area contributed by atoms with E-state index < -0.39 is 30.9 Å². The molecule has 0 bridgehead atoms. The Morgan fingerprint density at radius 2 is 1.61 bits per heavy atom. The smallest absolute Gasteiger partial charge is 0.337 e. The zero-order chi connectivity index (χ0) is 26.4. The number of aromatic carboxylic acids is 1. The number of benzene rings is 3. The summed E-state index contributed by atoms with van der Waals surface area (Å²) < 4.78 is 58.1. The van der Waals surface area contributed by atoms with Gasteiger partial charge in [-0.05, 0) is 48.2 Å². The Labute approximate surface area is 212 Å². The molecule has 1 aromatic heterocycles. The second-order valence-electron chi connectivity index (χ2n) is 8.54. The van der Waals surface area contributed by atoms with Crippen LogP contribution in [0.1, 0.15) is 27.9 Å². The molecule has 4 rings (SSSR count). The van der Waals surface area contributed by atoms with Crippen LogP contribution >= 0.6 is 10.7 Å². The maximum absolute atomic E-state index is 12.3. The first-order valence-corrected chi connectivity index (χ1v) is 14.8. The monoisotopic (exact) mass is 548 g/mol. The number of carboxylic acids is 1. The second-order valence-corrected chi connectivity index (χ2v) is 12.6. The molecule has 0 unspecified atom stereocenters. The molecule has 0 atom stereocenters. The van der Waals surface area contributed by atoms with Gasteiger partial charge in [-0.1, -0.05) is 30.3 Å². The molecule has 0 spiro atoms. The van der Waals surface area contributed by atoms with Crippen LogP contribution in [-0.2, 0) is 25.7 Å². The van der Waals surface area contributed by atoms with Crippen LogP contribution in [0.3, 0.4) is 0 Å². The number of fused-ring (bicyclic) bond motifs is 2. The van der Waals surface area contributed by atoms with Crippen molar-refractivity contribution in [3.63, 3.8) is 0 Å². The first-order valence-electron chi connectivity index (χ1n) is 10.9. The fourth-order valence-electron chi connectivity index (χ4n) is 4.72. The van der Waals surface area contributed by atoms with Crippen LogP contribution < -0.4 is 4.57 Å². The minimum Gasteiger partial charge on any atom is -0.478 e. The second kappa shape index (κ2) is 9.44. The SMILES string of the molecule is Cc1ccc(-c2ccc3c(C(=O)O)c4ccccc4[n+](CCCS(=O)(=O)O)c3c2)c(C)c1S(=O)(=O)Cl. The van der Waals surface area contributed by atoms with Crippen LogP contribution in [0.4, 0.5) is 0 Å². The molecular weight excluding hydrogens is 526 g/mol. The summed E-state index contributed by atoms with van der Waals surface area (Å²) in [7, 11) is -2.49. The van der Waals surface area contributed by atoms with Crippen molar-refractivity contribution in [1.82, 2.24) is 0 Å². The van der Waals surface area contributed by atoms with E-state index in [4.69, 9.17) is 10.7 Å². The van der Waals surface area contributed by atoms with Gasteiger partial charge >= 0.3 is 5.97 Å². The molecule has 0 saturated heterocycles. The number of para-hydroxylation sites is 1. The quantitative estimate of drug-likeness (QED) is 0.151. The number of halogens is 1. The van der Waals surface area contributed by atoms with Crippen molar-refractivity contribution >= 4 is 57.6 Å². The van der Waals surface area contributed by atoms with E-state index in [9.17, 15) is 31.3 Å². The topological polar surface area (TPSA) is 130 Å². The van der Waals surface area contributed by atoms with Gasteiger partial charge in [-0.25, -0.2) is 13.2 Å². The van der Waals surface area contributed by atoms with Gasteiger partial charge in [0.15, 0.2) is 6.54 Å². The van der Waals surface area contributed by atoms with Crippen molar-refractivity contribution in [2.24, 2.45) is 0 Å². The van der Waals surface area contributed by atoms with Crippen LogP contribution in [0.25, 0.3) is 32.9 Å². The molecule has 0 radical (unpaired) electrons. The molecule has 0 amide bonds. The lowest BCUT2D eigenvalue weighted by molar-refractivity contribution is -0.645. The largest absolute Gasteiger partial charge is 0.478 e. The Kier molecular flexibility index (Phi) is 6.82. The zero-order valence-corrected chi connectivity index (χ0v) is 21.8. The first-order chi connectivity index (χ1) is 16.8. The number of carboxylic acid groups (broad SMARTS) is 1. The van der Waals surface area contributed by atoms with Crippen LogP contribution in [0.15, 0.2) is 59.5 Å². The maximum atomic E-state index is 12.3. The molecular formula is C25H23ClNO7S2+. The molecule has 0 fully saturated rings. The predicted molar refractivity (Wildman–Crippen MR) is 138 cm³/mol. The number of pyridine rings is 1. The predicted octanol–water partition coefficient (Wildman–Crippen LogP) is 4.47. The molecule has 4 aromatic rings. The summed E-state index contributed by atoms with van der Waals surface area (Å²) in [4.78, 5) is 12.3. The number of nitrogens with zero attached hydrogens (tertiary/aromatic N) is 1. The van der Waals surface area contributed by atoms with Crippen molar-refractivity contribution in [1.29, 1.82) is 0 Å². The Balaban J connectivity index is 2.05. The molecule has 0 aliphatic heterocycles. The molecule has 11 heteroatoms. The van der Waals surface area contributed by atoms with Gasteiger partial charge in [-0.2, -0.15) is 13.0 Å². The summed E-state index contributed by atoms with van der Waals surface area (Å²) in [6.07, 6.45) is 0.0947. The summed E-state index contributed by atoms with van der Waals surface area (Å²) in [5.41, 5.74) is 3.41. The van der Waals surface area contributed by atoms with Crippen LogP contribution in [-0.4, -0.2) is 38.2 Å². The normalized spacial score (nSPS) is 12.3. The number of rotatable bonds is 7. The third-order valence-corrected chi connectivity index (χ3v) is 8.56. The van der Waals surface area contributed by atoms with E-state index in [0.717, 1.165) is 0 Å². The fraction of sp³-hybridized carbons (Fsp3) is 0.200. The highest BCUT2D eigenvalue weighted by Crippen LogP contribution is 2.34. The van der Waals surface area contributed by atoms with Gasteiger partial charge < -0.3 is 5.11 Å². The van der Waals surface area contributed by atoms with Crippen LogP contribution in [0.5, 0.6) is 0 Å². The third kappa shape index (κ3) is 4.94. The summed E-state index contributed by atoms with van der Waals surface area (Å²) in [6.45, 7) is 3.50. The average molecular weight is 549 g/mol. The lowest BCUT2D eigenvalue weighted by Gasteiger charge is -2.14. The number of hydrogen-bond acceptors (Lipinski definition) is 5. The lowest BCUT2D eigenvalue weighted by Crippen LogP contribution is -2.37. The van der Waals surface area contributed by atoms with Gasteiger partial charge in [0.25, 0.3) is 19.2 Å². The third-order valence-electron chi connectivity index (χ3n) is 6.18. The minimum atomic E-state index is -4.18. The molecule has 8 nitrogen and oxygen atoms in total. The number of carbonyl (C=O) groups is 1. The van der Waals surface area contributed by atoms with E-state index >= 15 is 0 Å². The van der Waals surface area contributed by atoms with Gasteiger partial charge in [-0.15, -0.1) is 0 Å². The minimum absolute atomic E-state index is 0.0209. The summed E-state index contributed by atoms with van der Waals surface area (Å²) in [6, 6.07) is 15.5. The van der Waals surface area contributed by atoms with Crippen molar-refractivity contribution in [2.45, 2.75) is 31.7 Å². The van der Waals surface area contributed by atoms with Crippen molar-refractivity contribution in [3.05, 3.63) is 71.3 Å². The molecule has 0 aliphatic rings. The highest BCUT2D eigenvalue weighted by atomic mass is 35.7. The Hall–Kier alpha value is -3.05. The summed E-state index contributed by atoms with van der Waals surface area (Å²) in [5, 5.41) is 11.0. The average Bonchev–Trinajstić information content (AvgIpc) is 2.76. The van der Waals surface area contributed by atoms with E-state index in [1.54, 1.807) is 68.4 Å². The number of aromatic nitrogens is 1. The van der Waals surface area contributed by atoms with Gasteiger partial charge in [0, 0.05) is 29.2 Å². The molecule has 1 heterocycles. The van der Waals surface area contributed by atoms with E-state index in [0.29, 0.717) is 44.1 Å². The maximum Gasteiger partial charge on any atom is 0.337 e. The fourth-order valence-corrected chi connectivity index (χ4v) is 6.86. The van der Waals surface area contributed by atoms with Gasteiger partial charge in [0.2, 0.25) is 11.0 Å². The summed E-state index contributed by atoms with van der Waals surface area (Å²) in [5.74, 6) is -1.57. The van der Waals surface area contributed by atoms with E-state index in [2.05, 4.69) is 0 Å². The van der Waals surface area contributed by atoms with Gasteiger partial charge in [0.1, 0.15) is 0 Å². The zero-order valence-electron chi connectivity index (χ0n) is 19.4. The van der Waals surface area contributed by atoms with E-state index in [1.807, 2.05) is 4.57 Å². The highest BCUT2D eigenvalue weighted by molar-refractivity contribution is 8.13. The molecule has 0 aliphatic carbocycles. The standard InChI is InChI=1S/C25H22ClNO7S2/c1-15-8-10-18(16(2)24(15)36(26,33)34)17-9-11-20-22(14-17)27(12-5-13-35(30,31)32)21-7-4-3-6-19(21)23(20)25(28)29/h3-4,6-11,14H,5,12-13H2,1-2H3,(H-,28,29,30,31,32)/p+1.